The van der Waals surface area contributed by atoms with Crippen molar-refractivity contribution in [3.63, 3.8) is 0 Å². The lowest BCUT2D eigenvalue weighted by Gasteiger charge is -2.10. The number of hydrazone groups is 1. The normalized spacial score (nSPS) is 12.0. The van der Waals surface area contributed by atoms with Crippen molar-refractivity contribution in [3.8, 4) is 5.69 Å². The van der Waals surface area contributed by atoms with Gasteiger partial charge in [-0.05, 0) is 71.1 Å². The van der Waals surface area contributed by atoms with Gasteiger partial charge in [-0.3, -0.25) is 4.79 Å². The van der Waals surface area contributed by atoms with Gasteiger partial charge in [-0.1, -0.05) is 22.0 Å². The van der Waals surface area contributed by atoms with E-state index in [0.717, 1.165) is 25.6 Å². The van der Waals surface area contributed by atoms with Crippen LogP contribution in [-0.2, 0) is 6.18 Å². The lowest BCUT2D eigenvalue weighted by molar-refractivity contribution is -0.137. The zero-order chi connectivity index (χ0) is 22.2. The number of benzene rings is 2. The molecule has 0 atom stereocenters. The number of hydrogen-bond donors (Lipinski definition) is 1. The van der Waals surface area contributed by atoms with Crippen molar-refractivity contribution in [2.24, 2.45) is 5.10 Å². The van der Waals surface area contributed by atoms with Gasteiger partial charge in [-0.15, -0.1) is 0 Å². The number of fused-ring (bicyclic) bond motifs is 1. The van der Waals surface area contributed by atoms with Gasteiger partial charge in [0.05, 0.1) is 21.0 Å². The van der Waals surface area contributed by atoms with Crippen LogP contribution in [0.1, 0.15) is 21.8 Å². The number of carbonyl (C=O) groups is 1. The Kier molecular flexibility index (Phi) is 5.93. The van der Waals surface area contributed by atoms with Crippen molar-refractivity contribution in [3.05, 3.63) is 85.9 Å². The molecular weight excluding hydrogens is 590 g/mol. The fourth-order valence-corrected chi connectivity index (χ4v) is 4.63. The van der Waals surface area contributed by atoms with E-state index in [9.17, 15) is 18.0 Å². The number of hydrogen-bond acceptors (Lipinski definition) is 3. The highest BCUT2D eigenvalue weighted by Gasteiger charge is 2.30. The molecule has 0 aliphatic heterocycles. The van der Waals surface area contributed by atoms with Crippen LogP contribution >= 0.6 is 38.5 Å². The van der Waals surface area contributed by atoms with Crippen molar-refractivity contribution < 1.29 is 22.4 Å². The van der Waals surface area contributed by atoms with Gasteiger partial charge in [0.15, 0.2) is 5.76 Å². The summed E-state index contributed by atoms with van der Waals surface area (Å²) in [5, 5.41) is 4.69. The third-order valence-corrected chi connectivity index (χ3v) is 5.61. The Hall–Kier alpha value is -2.60. The maximum absolute atomic E-state index is 13.0. The number of amides is 1. The summed E-state index contributed by atoms with van der Waals surface area (Å²) in [5.41, 5.74) is 3.03. The summed E-state index contributed by atoms with van der Waals surface area (Å²) in [6.07, 6.45) is -1.48. The van der Waals surface area contributed by atoms with E-state index in [-0.39, 0.29) is 5.76 Å². The molecule has 0 aliphatic carbocycles. The second-order valence-electron chi connectivity index (χ2n) is 6.47. The third kappa shape index (κ3) is 4.69. The molecule has 0 unspecified atom stereocenters. The molecule has 1 N–H and O–H groups in total. The zero-order valence-electron chi connectivity index (χ0n) is 15.5. The van der Waals surface area contributed by atoms with Crippen LogP contribution in [0.5, 0.6) is 0 Å². The first kappa shape index (κ1) is 21.6. The predicted octanol–water partition coefficient (Wildman–Crippen LogP) is 6.37. The molecular formula is C21H12BrF3IN3O2. The molecule has 0 fully saturated rings. The van der Waals surface area contributed by atoms with E-state index < -0.39 is 17.6 Å². The maximum Gasteiger partial charge on any atom is 0.416 e. The van der Waals surface area contributed by atoms with Gasteiger partial charge in [-0.25, -0.2) is 5.43 Å². The van der Waals surface area contributed by atoms with Gasteiger partial charge in [0.1, 0.15) is 5.58 Å². The van der Waals surface area contributed by atoms with Crippen LogP contribution in [0.15, 0.2) is 74.8 Å². The quantitative estimate of drug-likeness (QED) is 0.168. The van der Waals surface area contributed by atoms with Crippen LogP contribution in [-0.4, -0.2) is 16.7 Å². The molecule has 0 bridgehead atoms. The average Bonchev–Trinajstić information content (AvgIpc) is 3.34. The van der Waals surface area contributed by atoms with E-state index in [1.165, 1.54) is 16.8 Å². The summed E-state index contributed by atoms with van der Waals surface area (Å²) in [4.78, 5) is 12.4. The van der Waals surface area contributed by atoms with Crippen LogP contribution in [0.4, 0.5) is 13.2 Å². The van der Waals surface area contributed by atoms with Crippen LogP contribution in [0.2, 0.25) is 0 Å². The molecule has 4 rings (SSSR count). The van der Waals surface area contributed by atoms with Crippen LogP contribution in [0, 0.1) is 3.57 Å². The first-order chi connectivity index (χ1) is 14.7. The fraction of sp³-hybridized carbons (Fsp3) is 0.0476. The minimum atomic E-state index is -4.44. The van der Waals surface area contributed by atoms with Crippen LogP contribution < -0.4 is 5.43 Å². The monoisotopic (exact) mass is 601 g/mol. The number of nitrogens with one attached hydrogen (secondary N) is 1. The number of nitrogens with zero attached hydrogens (tertiary/aromatic N) is 2. The number of rotatable bonds is 4. The summed E-state index contributed by atoms with van der Waals surface area (Å²) >= 11 is 5.51. The molecule has 1 amide bonds. The summed E-state index contributed by atoms with van der Waals surface area (Å²) in [5.74, 6) is -0.451. The van der Waals surface area contributed by atoms with Crippen molar-refractivity contribution in [1.82, 2.24) is 9.99 Å². The highest BCUT2D eigenvalue weighted by Crippen LogP contribution is 2.31. The summed E-state index contributed by atoms with van der Waals surface area (Å²) in [6.45, 7) is 0. The first-order valence-electron chi connectivity index (χ1n) is 8.79. The number of carbonyl (C=O) groups excluding carboxylic acids is 1. The van der Waals surface area contributed by atoms with Crippen molar-refractivity contribution in [2.45, 2.75) is 6.18 Å². The van der Waals surface area contributed by atoms with Gasteiger partial charge in [0.25, 0.3) is 0 Å². The van der Waals surface area contributed by atoms with Crippen molar-refractivity contribution in [1.29, 1.82) is 0 Å². The van der Waals surface area contributed by atoms with E-state index >= 15 is 0 Å². The summed E-state index contributed by atoms with van der Waals surface area (Å²) in [7, 11) is 0. The smallest absolute Gasteiger partial charge is 0.416 e. The molecule has 31 heavy (non-hydrogen) atoms. The molecule has 0 saturated heterocycles. The molecule has 0 spiro atoms. The molecule has 2 aromatic carbocycles. The Morgan fingerprint density at radius 2 is 1.97 bits per heavy atom. The molecule has 158 valence electrons. The molecule has 5 nitrogen and oxygen atoms in total. The van der Waals surface area contributed by atoms with E-state index in [4.69, 9.17) is 4.42 Å². The fourth-order valence-electron chi connectivity index (χ4n) is 2.97. The second kappa shape index (κ2) is 8.50. The molecule has 0 radical (unpaired) electrons. The largest absolute Gasteiger partial charge is 0.450 e. The number of aromatic nitrogens is 1. The summed E-state index contributed by atoms with van der Waals surface area (Å²) in [6, 6.07) is 13.6. The Labute approximate surface area is 196 Å². The Balaban J connectivity index is 1.53. The van der Waals surface area contributed by atoms with E-state index in [1.807, 2.05) is 12.1 Å². The molecule has 4 aromatic rings. The van der Waals surface area contributed by atoms with E-state index in [2.05, 4.69) is 49.0 Å². The molecule has 10 heteroatoms. The lowest BCUT2D eigenvalue weighted by Crippen LogP contribution is -2.17. The Morgan fingerprint density at radius 3 is 2.74 bits per heavy atom. The lowest BCUT2D eigenvalue weighted by atomic mass is 10.2. The molecule has 0 aliphatic rings. The number of furan rings is 1. The van der Waals surface area contributed by atoms with Gasteiger partial charge in [-0.2, -0.15) is 18.3 Å². The SMILES string of the molecule is O=C(N/N=C\c1cccn1-c1cccc(C(F)(F)F)c1)c1cc2cc(Br)cc(I)c2o1. The van der Waals surface area contributed by atoms with E-state index in [0.29, 0.717) is 17.0 Å². The molecule has 2 aromatic heterocycles. The van der Waals surface area contributed by atoms with Gasteiger partial charge in [0.2, 0.25) is 0 Å². The molecule has 0 saturated carbocycles. The Morgan fingerprint density at radius 1 is 1.16 bits per heavy atom. The van der Waals surface area contributed by atoms with Gasteiger partial charge < -0.3 is 8.98 Å². The number of halogens is 5. The highest BCUT2D eigenvalue weighted by atomic mass is 127. The Bertz CT molecular complexity index is 1310. The van der Waals surface area contributed by atoms with E-state index in [1.54, 1.807) is 30.5 Å². The van der Waals surface area contributed by atoms with Crippen molar-refractivity contribution >= 4 is 61.6 Å². The third-order valence-electron chi connectivity index (χ3n) is 4.35. The van der Waals surface area contributed by atoms with Gasteiger partial charge >= 0.3 is 12.1 Å². The average molecular weight is 602 g/mol. The zero-order valence-corrected chi connectivity index (χ0v) is 19.2. The van der Waals surface area contributed by atoms with Crippen LogP contribution in [0.3, 0.4) is 0 Å². The molecule has 2 heterocycles. The summed E-state index contributed by atoms with van der Waals surface area (Å²) < 4.78 is 47.8. The number of alkyl halides is 3. The topological polar surface area (TPSA) is 59.5 Å². The first-order valence-corrected chi connectivity index (χ1v) is 10.7. The standard InChI is InChI=1S/C21H12BrF3IN3O2/c22-14-7-12-8-18(31-19(12)17(26)10-14)20(30)28-27-11-16-5-2-6-29(16)15-4-1-3-13(9-15)21(23,24)25/h1-11H,(H,28,30)/b27-11-. The highest BCUT2D eigenvalue weighted by molar-refractivity contribution is 14.1. The predicted molar refractivity (Wildman–Crippen MR) is 122 cm³/mol. The minimum Gasteiger partial charge on any atom is -0.450 e. The maximum atomic E-state index is 13.0. The van der Waals surface area contributed by atoms with Crippen LogP contribution in [0.25, 0.3) is 16.7 Å². The second-order valence-corrected chi connectivity index (χ2v) is 8.54. The minimum absolute atomic E-state index is 0.0939. The van der Waals surface area contributed by atoms with Crippen molar-refractivity contribution in [2.75, 3.05) is 0 Å². The van der Waals surface area contributed by atoms with Gasteiger partial charge in [0, 0.05) is 21.7 Å².